The van der Waals surface area contributed by atoms with E-state index in [1.807, 2.05) is 6.92 Å². The highest BCUT2D eigenvalue weighted by Crippen LogP contribution is 2.15. The van der Waals surface area contributed by atoms with E-state index in [1.54, 1.807) is 0 Å². The van der Waals surface area contributed by atoms with Crippen molar-refractivity contribution in [3.8, 4) is 0 Å². The highest BCUT2D eigenvalue weighted by molar-refractivity contribution is 4.96. The highest BCUT2D eigenvalue weighted by atomic mass is 16.3. The van der Waals surface area contributed by atoms with Crippen LogP contribution < -0.4 is 5.32 Å². The summed E-state index contributed by atoms with van der Waals surface area (Å²) in [5, 5.41) is 30.3. The molecule has 0 bridgehead atoms. The molecule has 0 aromatic carbocycles. The van der Waals surface area contributed by atoms with Gasteiger partial charge in [0.15, 0.2) is 0 Å². The summed E-state index contributed by atoms with van der Waals surface area (Å²) in [7, 11) is 0. The Morgan fingerprint density at radius 1 is 1.18 bits per heavy atom. The van der Waals surface area contributed by atoms with Gasteiger partial charge >= 0.3 is 0 Å². The lowest BCUT2D eigenvalue weighted by atomic mass is 10.1. The average molecular weight is 161 g/mol. The van der Waals surface area contributed by atoms with Gasteiger partial charge in [0, 0.05) is 6.04 Å². The highest BCUT2D eigenvalue weighted by Gasteiger charge is 2.39. The lowest BCUT2D eigenvalue weighted by molar-refractivity contribution is 0.0193. The molecule has 1 aliphatic heterocycles. The minimum Gasteiger partial charge on any atom is -0.395 e. The Morgan fingerprint density at radius 2 is 1.73 bits per heavy atom. The molecule has 4 heteroatoms. The average Bonchev–Trinajstić information content (AvgIpc) is 2.30. The van der Waals surface area contributed by atoms with Gasteiger partial charge in [-0.2, -0.15) is 0 Å². The number of nitrogens with one attached hydrogen (secondary N) is 1. The van der Waals surface area contributed by atoms with Gasteiger partial charge in [-0.25, -0.2) is 0 Å². The lowest BCUT2D eigenvalue weighted by Gasteiger charge is -2.12. The zero-order chi connectivity index (χ0) is 8.43. The number of hydrogen-bond donors (Lipinski definition) is 4. The maximum absolute atomic E-state index is 9.34. The Morgan fingerprint density at radius 3 is 2.00 bits per heavy atom. The van der Waals surface area contributed by atoms with Crippen molar-refractivity contribution in [1.29, 1.82) is 0 Å². The van der Waals surface area contributed by atoms with Crippen LogP contribution in [-0.2, 0) is 0 Å². The van der Waals surface area contributed by atoms with Crippen LogP contribution in [0.15, 0.2) is 0 Å². The minimum atomic E-state index is -0.829. The molecular formula is C7H15NO3. The Balaban J connectivity index is 2.53. The summed E-state index contributed by atoms with van der Waals surface area (Å²) in [6.45, 7) is 1.79. The third kappa shape index (κ3) is 1.54. The van der Waals surface area contributed by atoms with E-state index < -0.39 is 12.2 Å². The summed E-state index contributed by atoms with van der Waals surface area (Å²) in [4.78, 5) is 0. The molecule has 66 valence electrons. The molecule has 0 radical (unpaired) electrons. The first-order chi connectivity index (χ1) is 5.20. The molecule has 0 amide bonds. The van der Waals surface area contributed by atoms with Gasteiger partial charge in [0.05, 0.1) is 24.9 Å². The Labute approximate surface area is 65.9 Å². The standard InChI is InChI=1S/C7H15NO3/c1-2-4-6(10)7(11)5(3-9)8-4/h4-11H,2-3H2,1H3/t4?,5-,6+,7+/m0/s1. The van der Waals surface area contributed by atoms with Crippen LogP contribution in [0.1, 0.15) is 13.3 Å². The molecule has 4 atom stereocenters. The molecule has 0 saturated carbocycles. The molecule has 4 N–H and O–H groups in total. The topological polar surface area (TPSA) is 72.7 Å². The molecule has 0 aromatic heterocycles. The molecule has 1 saturated heterocycles. The fourth-order valence-corrected chi connectivity index (χ4v) is 1.47. The van der Waals surface area contributed by atoms with Crippen LogP contribution in [0.4, 0.5) is 0 Å². The van der Waals surface area contributed by atoms with E-state index >= 15 is 0 Å². The van der Waals surface area contributed by atoms with E-state index in [1.165, 1.54) is 0 Å². The van der Waals surface area contributed by atoms with Crippen molar-refractivity contribution < 1.29 is 15.3 Å². The van der Waals surface area contributed by atoms with Gasteiger partial charge in [-0.15, -0.1) is 0 Å². The third-order valence-corrected chi connectivity index (χ3v) is 2.24. The zero-order valence-electron chi connectivity index (χ0n) is 6.57. The summed E-state index contributed by atoms with van der Waals surface area (Å²) in [5.74, 6) is 0. The van der Waals surface area contributed by atoms with Gasteiger partial charge in [-0.1, -0.05) is 6.92 Å². The minimum absolute atomic E-state index is 0.0813. The summed E-state index contributed by atoms with van der Waals surface area (Å²) in [6.07, 6.45) is -0.809. The SMILES string of the molecule is CCC1N[C@@H](CO)[C@@H](O)[C@@H]1O. The van der Waals surface area contributed by atoms with Gasteiger partial charge in [0.1, 0.15) is 0 Å². The molecule has 1 rings (SSSR count). The molecule has 0 spiro atoms. The largest absolute Gasteiger partial charge is 0.395 e. The first kappa shape index (κ1) is 8.93. The van der Waals surface area contributed by atoms with Crippen LogP contribution in [0, 0.1) is 0 Å². The van der Waals surface area contributed by atoms with Crippen molar-refractivity contribution in [3.05, 3.63) is 0 Å². The molecule has 4 nitrogen and oxygen atoms in total. The van der Waals surface area contributed by atoms with Crippen molar-refractivity contribution in [2.75, 3.05) is 6.61 Å². The molecular weight excluding hydrogens is 146 g/mol. The molecule has 1 heterocycles. The van der Waals surface area contributed by atoms with Crippen LogP contribution in [0.25, 0.3) is 0 Å². The first-order valence-electron chi connectivity index (χ1n) is 3.93. The smallest absolute Gasteiger partial charge is 0.0989 e. The van der Waals surface area contributed by atoms with Gasteiger partial charge in [-0.3, -0.25) is 0 Å². The lowest BCUT2D eigenvalue weighted by Crippen LogP contribution is -2.36. The maximum atomic E-state index is 9.34. The molecule has 0 aromatic rings. The van der Waals surface area contributed by atoms with E-state index in [0.29, 0.717) is 0 Å². The molecule has 1 unspecified atom stereocenters. The van der Waals surface area contributed by atoms with E-state index in [9.17, 15) is 10.2 Å². The van der Waals surface area contributed by atoms with Crippen molar-refractivity contribution in [3.63, 3.8) is 0 Å². The van der Waals surface area contributed by atoms with Crippen LogP contribution >= 0.6 is 0 Å². The summed E-state index contributed by atoms with van der Waals surface area (Å²) in [6, 6.07) is -0.447. The Hall–Kier alpha value is -0.160. The zero-order valence-corrected chi connectivity index (χ0v) is 6.57. The normalized spacial score (nSPS) is 44.7. The van der Waals surface area contributed by atoms with E-state index in [4.69, 9.17) is 5.11 Å². The van der Waals surface area contributed by atoms with E-state index in [2.05, 4.69) is 5.32 Å². The van der Waals surface area contributed by atoms with Crippen LogP contribution in [0.2, 0.25) is 0 Å². The van der Waals surface area contributed by atoms with Crippen LogP contribution in [0.5, 0.6) is 0 Å². The number of rotatable bonds is 2. The maximum Gasteiger partial charge on any atom is 0.0989 e. The monoisotopic (exact) mass is 161 g/mol. The fraction of sp³-hybridized carbons (Fsp3) is 1.00. The predicted octanol–water partition coefficient (Wildman–Crippen LogP) is -1.55. The summed E-state index contributed by atoms with van der Waals surface area (Å²) in [5.41, 5.74) is 0. The second-order valence-electron chi connectivity index (χ2n) is 2.95. The molecule has 1 aliphatic rings. The van der Waals surface area contributed by atoms with Crippen molar-refractivity contribution >= 4 is 0 Å². The number of hydrogen-bond acceptors (Lipinski definition) is 4. The van der Waals surface area contributed by atoms with E-state index in [0.717, 1.165) is 6.42 Å². The van der Waals surface area contributed by atoms with E-state index in [-0.39, 0.29) is 18.7 Å². The number of aliphatic hydroxyl groups is 3. The molecule has 11 heavy (non-hydrogen) atoms. The summed E-state index contributed by atoms with van der Waals surface area (Å²) >= 11 is 0. The van der Waals surface area contributed by atoms with Crippen molar-refractivity contribution in [1.82, 2.24) is 5.32 Å². The van der Waals surface area contributed by atoms with Gasteiger partial charge in [0.2, 0.25) is 0 Å². The second kappa shape index (κ2) is 3.49. The Bertz CT molecular complexity index is 113. The quantitative estimate of drug-likeness (QED) is 0.396. The van der Waals surface area contributed by atoms with Gasteiger partial charge < -0.3 is 20.6 Å². The summed E-state index contributed by atoms with van der Waals surface area (Å²) < 4.78 is 0. The fourth-order valence-electron chi connectivity index (χ4n) is 1.47. The molecule has 1 fully saturated rings. The van der Waals surface area contributed by atoms with Crippen LogP contribution in [0.3, 0.4) is 0 Å². The van der Waals surface area contributed by atoms with Crippen molar-refractivity contribution in [2.45, 2.75) is 37.6 Å². The van der Waals surface area contributed by atoms with Crippen LogP contribution in [-0.4, -0.2) is 46.2 Å². The number of aliphatic hydroxyl groups excluding tert-OH is 3. The third-order valence-electron chi connectivity index (χ3n) is 2.24. The molecule has 0 aliphatic carbocycles. The van der Waals surface area contributed by atoms with Gasteiger partial charge in [-0.05, 0) is 6.42 Å². The first-order valence-corrected chi connectivity index (χ1v) is 3.93. The van der Waals surface area contributed by atoms with Gasteiger partial charge in [0.25, 0.3) is 0 Å². The predicted molar refractivity (Wildman–Crippen MR) is 40.1 cm³/mol. The second-order valence-corrected chi connectivity index (χ2v) is 2.95. The van der Waals surface area contributed by atoms with Crippen molar-refractivity contribution in [2.24, 2.45) is 0 Å². The Kier molecular flexibility index (Phi) is 2.84.